The van der Waals surface area contributed by atoms with E-state index in [2.05, 4.69) is 5.32 Å². The number of benzene rings is 1. The van der Waals surface area contributed by atoms with Gasteiger partial charge in [-0.25, -0.2) is 0 Å². The fourth-order valence-electron chi connectivity index (χ4n) is 1.55. The van der Waals surface area contributed by atoms with Crippen molar-refractivity contribution in [1.29, 1.82) is 0 Å². The van der Waals surface area contributed by atoms with Crippen LogP contribution in [0.1, 0.15) is 18.9 Å². The van der Waals surface area contributed by atoms with E-state index in [9.17, 15) is 17.4 Å². The summed E-state index contributed by atoms with van der Waals surface area (Å²) in [5.41, 5.74) is 5.35. The first-order valence-corrected chi connectivity index (χ1v) is 7.46. The van der Waals surface area contributed by atoms with E-state index in [1.165, 1.54) is 6.07 Å². The topological polar surface area (TPSA) is 55.1 Å². The van der Waals surface area contributed by atoms with Gasteiger partial charge in [0.15, 0.2) is 0 Å². The number of rotatable bonds is 5. The molecule has 0 aliphatic heterocycles. The Morgan fingerprint density at radius 3 is 2.53 bits per heavy atom. The maximum Gasteiger partial charge on any atom is 0.416 e. The molecule has 19 heavy (non-hydrogen) atoms. The van der Waals surface area contributed by atoms with Crippen LogP contribution in [0.15, 0.2) is 18.2 Å². The zero-order valence-corrected chi connectivity index (χ0v) is 11.6. The third kappa shape index (κ3) is 5.10. The molecule has 0 fully saturated rings. The average molecular weight is 294 g/mol. The average Bonchev–Trinajstić information content (AvgIpc) is 2.27. The van der Waals surface area contributed by atoms with Crippen molar-refractivity contribution in [2.45, 2.75) is 25.6 Å². The van der Waals surface area contributed by atoms with E-state index in [1.807, 2.05) is 6.92 Å². The molecule has 0 aliphatic carbocycles. The monoisotopic (exact) mass is 294 g/mol. The highest BCUT2D eigenvalue weighted by atomic mass is 32.2. The van der Waals surface area contributed by atoms with Crippen LogP contribution in [0.2, 0.25) is 0 Å². The van der Waals surface area contributed by atoms with E-state index in [0.717, 1.165) is 12.1 Å². The maximum atomic E-state index is 12.5. The van der Waals surface area contributed by atoms with Gasteiger partial charge >= 0.3 is 6.18 Å². The van der Waals surface area contributed by atoms with Gasteiger partial charge in [-0.3, -0.25) is 4.21 Å². The highest BCUT2D eigenvalue weighted by Crippen LogP contribution is 2.33. The number of anilines is 2. The number of halogens is 3. The van der Waals surface area contributed by atoms with E-state index in [1.54, 1.807) is 6.26 Å². The highest BCUT2D eigenvalue weighted by Gasteiger charge is 2.30. The van der Waals surface area contributed by atoms with E-state index >= 15 is 0 Å². The van der Waals surface area contributed by atoms with Gasteiger partial charge in [0.2, 0.25) is 0 Å². The van der Waals surface area contributed by atoms with Crippen molar-refractivity contribution in [3.05, 3.63) is 23.8 Å². The van der Waals surface area contributed by atoms with Gasteiger partial charge in [0.05, 0.1) is 16.9 Å². The Labute approximate surface area is 112 Å². The second-order valence-corrected chi connectivity index (χ2v) is 5.97. The number of hydrogen-bond donors (Lipinski definition) is 2. The van der Waals surface area contributed by atoms with Crippen LogP contribution < -0.4 is 11.1 Å². The van der Waals surface area contributed by atoms with Gasteiger partial charge < -0.3 is 11.1 Å². The minimum atomic E-state index is -4.39. The molecule has 0 aliphatic rings. The Morgan fingerprint density at radius 1 is 1.42 bits per heavy atom. The summed E-state index contributed by atoms with van der Waals surface area (Å²) >= 11 is 0. The van der Waals surface area contributed by atoms with Crippen LogP contribution in [-0.2, 0) is 17.0 Å². The number of nitrogens with two attached hydrogens (primary N) is 1. The minimum absolute atomic E-state index is 0.0112. The normalized spacial score (nSPS) is 15.0. The van der Waals surface area contributed by atoms with Gasteiger partial charge in [-0.05, 0) is 31.5 Å². The van der Waals surface area contributed by atoms with Gasteiger partial charge in [0, 0.05) is 28.9 Å². The Balaban J connectivity index is 2.72. The lowest BCUT2D eigenvalue weighted by Gasteiger charge is -2.17. The number of nitrogen functional groups attached to an aromatic ring is 1. The minimum Gasteiger partial charge on any atom is -0.397 e. The molecular weight excluding hydrogens is 277 g/mol. The summed E-state index contributed by atoms with van der Waals surface area (Å²) in [4.78, 5) is 0. The lowest BCUT2D eigenvalue weighted by atomic mass is 10.1. The Kier molecular flexibility index (Phi) is 5.22. The lowest BCUT2D eigenvalue weighted by molar-refractivity contribution is -0.137. The van der Waals surface area contributed by atoms with Crippen LogP contribution in [0.5, 0.6) is 0 Å². The summed E-state index contributed by atoms with van der Waals surface area (Å²) in [6.07, 6.45) is -2.12. The molecule has 0 saturated heterocycles. The highest BCUT2D eigenvalue weighted by molar-refractivity contribution is 7.84. The van der Waals surface area contributed by atoms with Crippen LogP contribution in [0, 0.1) is 0 Å². The molecular formula is C12H17F3N2OS. The van der Waals surface area contributed by atoms with Crippen molar-refractivity contribution < 1.29 is 17.4 Å². The molecule has 0 aromatic heterocycles. The van der Waals surface area contributed by atoms with Crippen molar-refractivity contribution in [2.75, 3.05) is 23.1 Å². The van der Waals surface area contributed by atoms with E-state index < -0.39 is 22.5 Å². The summed E-state index contributed by atoms with van der Waals surface area (Å²) < 4.78 is 48.3. The summed E-state index contributed by atoms with van der Waals surface area (Å²) in [6.45, 7) is 1.87. The van der Waals surface area contributed by atoms with Gasteiger partial charge in [0.1, 0.15) is 0 Å². The maximum absolute atomic E-state index is 12.5. The molecule has 0 amide bonds. The third-order valence-corrected chi connectivity index (χ3v) is 3.43. The fraction of sp³-hybridized carbons (Fsp3) is 0.500. The standard InChI is InChI=1S/C12H17F3N2OS/c1-8(5-6-19(2)18)17-11-4-3-9(7-10(11)16)12(13,14)15/h3-4,7-8,17H,5-6,16H2,1-2H3. The Hall–Kier alpha value is -1.24. The van der Waals surface area contributed by atoms with Crippen LogP contribution >= 0.6 is 0 Å². The number of alkyl halides is 3. The van der Waals surface area contributed by atoms with Gasteiger partial charge in [-0.2, -0.15) is 13.2 Å². The van der Waals surface area contributed by atoms with E-state index in [4.69, 9.17) is 5.73 Å². The van der Waals surface area contributed by atoms with Crippen LogP contribution in [0.25, 0.3) is 0 Å². The zero-order valence-electron chi connectivity index (χ0n) is 10.8. The molecule has 3 nitrogen and oxygen atoms in total. The molecule has 2 unspecified atom stereocenters. The largest absolute Gasteiger partial charge is 0.416 e. The first kappa shape index (κ1) is 15.8. The van der Waals surface area contributed by atoms with Crippen LogP contribution in [0.4, 0.5) is 24.5 Å². The van der Waals surface area contributed by atoms with Crippen molar-refractivity contribution in [3.8, 4) is 0 Å². The molecule has 0 bridgehead atoms. The molecule has 0 spiro atoms. The molecule has 1 aromatic carbocycles. The summed E-state index contributed by atoms with van der Waals surface area (Å²) in [5, 5.41) is 3.02. The van der Waals surface area contributed by atoms with E-state index in [-0.39, 0.29) is 11.7 Å². The predicted octanol–water partition coefficient (Wildman–Crippen LogP) is 2.86. The quantitative estimate of drug-likeness (QED) is 0.821. The number of nitrogens with one attached hydrogen (secondary N) is 1. The molecule has 0 saturated carbocycles. The molecule has 2 atom stereocenters. The summed E-state index contributed by atoms with van der Waals surface area (Å²) in [5.74, 6) is 0.536. The summed E-state index contributed by atoms with van der Waals surface area (Å²) in [6, 6.07) is 3.21. The lowest BCUT2D eigenvalue weighted by Crippen LogP contribution is -2.19. The Bertz CT molecular complexity index is 463. The van der Waals surface area contributed by atoms with Crippen molar-refractivity contribution in [2.24, 2.45) is 0 Å². The van der Waals surface area contributed by atoms with Gasteiger partial charge in [-0.1, -0.05) is 0 Å². The molecule has 0 radical (unpaired) electrons. The second-order valence-electron chi connectivity index (χ2n) is 4.41. The summed E-state index contributed by atoms with van der Waals surface area (Å²) in [7, 11) is -0.885. The number of hydrogen-bond acceptors (Lipinski definition) is 3. The van der Waals surface area contributed by atoms with Gasteiger partial charge in [-0.15, -0.1) is 0 Å². The van der Waals surface area contributed by atoms with Crippen molar-refractivity contribution in [3.63, 3.8) is 0 Å². The smallest absolute Gasteiger partial charge is 0.397 e. The molecule has 1 rings (SSSR count). The molecule has 1 aromatic rings. The molecule has 3 N–H and O–H groups in total. The molecule has 7 heteroatoms. The predicted molar refractivity (Wildman–Crippen MR) is 72.5 cm³/mol. The van der Waals surface area contributed by atoms with E-state index in [0.29, 0.717) is 17.9 Å². The van der Waals surface area contributed by atoms with Crippen molar-refractivity contribution in [1.82, 2.24) is 0 Å². The first-order chi connectivity index (χ1) is 8.70. The second kappa shape index (κ2) is 6.27. The fourth-order valence-corrected chi connectivity index (χ4v) is 2.24. The Morgan fingerprint density at radius 2 is 2.05 bits per heavy atom. The zero-order chi connectivity index (χ0) is 14.6. The molecule has 108 valence electrons. The molecule has 0 heterocycles. The van der Waals surface area contributed by atoms with Crippen LogP contribution in [0.3, 0.4) is 0 Å². The van der Waals surface area contributed by atoms with Gasteiger partial charge in [0.25, 0.3) is 0 Å². The SMILES string of the molecule is CC(CCS(C)=O)Nc1ccc(C(F)(F)F)cc1N. The van der Waals surface area contributed by atoms with Crippen LogP contribution in [-0.4, -0.2) is 22.3 Å². The van der Waals surface area contributed by atoms with Crippen molar-refractivity contribution >= 4 is 22.2 Å². The third-order valence-electron chi connectivity index (χ3n) is 2.62. The first-order valence-electron chi connectivity index (χ1n) is 5.73.